The summed E-state index contributed by atoms with van der Waals surface area (Å²) in [6, 6.07) is 7.21. The van der Waals surface area contributed by atoms with E-state index in [4.69, 9.17) is 10.00 Å². The van der Waals surface area contributed by atoms with E-state index in [2.05, 4.69) is 22.0 Å². The molecule has 0 aromatic heterocycles. The molecule has 1 heterocycles. The van der Waals surface area contributed by atoms with Gasteiger partial charge in [0, 0.05) is 11.0 Å². The number of hydrogen-bond acceptors (Lipinski definition) is 4. The molecule has 88 valence electrons. The molecule has 1 saturated heterocycles. The van der Waals surface area contributed by atoms with Crippen LogP contribution in [0.1, 0.15) is 12.0 Å². The molecule has 2 rings (SSSR count). The quantitative estimate of drug-likeness (QED) is 0.784. The largest absolute Gasteiger partial charge is 0.467 e. The summed E-state index contributed by atoms with van der Waals surface area (Å²) in [5.74, 6) is -0.215. The van der Waals surface area contributed by atoms with Gasteiger partial charge >= 0.3 is 5.97 Å². The maximum Gasteiger partial charge on any atom is 0.328 e. The SMILES string of the molecule is COC(=O)C1CCN1c1ccc(C#N)cc1Br. The molecule has 1 aromatic rings. The molecule has 1 aromatic carbocycles. The smallest absolute Gasteiger partial charge is 0.328 e. The molecule has 1 unspecified atom stereocenters. The monoisotopic (exact) mass is 294 g/mol. The summed E-state index contributed by atoms with van der Waals surface area (Å²) in [6.45, 7) is 0.824. The minimum Gasteiger partial charge on any atom is -0.467 e. The van der Waals surface area contributed by atoms with Crippen LogP contribution in [0, 0.1) is 11.3 Å². The van der Waals surface area contributed by atoms with Crippen LogP contribution in [0.5, 0.6) is 0 Å². The number of carbonyl (C=O) groups is 1. The van der Waals surface area contributed by atoms with Crippen LogP contribution in [0.4, 0.5) is 5.69 Å². The van der Waals surface area contributed by atoms with Crippen molar-refractivity contribution in [1.29, 1.82) is 5.26 Å². The molecule has 5 heteroatoms. The average molecular weight is 295 g/mol. The number of methoxy groups -OCH3 is 1. The minimum absolute atomic E-state index is 0.204. The molecule has 0 N–H and O–H groups in total. The number of carbonyl (C=O) groups excluding carboxylic acids is 1. The van der Waals surface area contributed by atoms with Gasteiger partial charge < -0.3 is 9.64 Å². The van der Waals surface area contributed by atoms with E-state index in [1.807, 2.05) is 11.0 Å². The normalized spacial score (nSPS) is 18.2. The van der Waals surface area contributed by atoms with E-state index in [-0.39, 0.29) is 12.0 Å². The van der Waals surface area contributed by atoms with Gasteiger partial charge in [0.15, 0.2) is 0 Å². The summed E-state index contributed by atoms with van der Waals surface area (Å²) < 4.78 is 5.57. The van der Waals surface area contributed by atoms with Crippen molar-refractivity contribution in [2.24, 2.45) is 0 Å². The lowest BCUT2D eigenvalue weighted by Crippen LogP contribution is -2.53. The number of hydrogen-bond donors (Lipinski definition) is 0. The van der Waals surface area contributed by atoms with E-state index in [1.165, 1.54) is 7.11 Å². The van der Waals surface area contributed by atoms with E-state index in [9.17, 15) is 4.79 Å². The number of nitrogens with zero attached hydrogens (tertiary/aromatic N) is 2. The first-order valence-corrected chi connectivity index (χ1v) is 6.01. The van der Waals surface area contributed by atoms with E-state index in [0.717, 1.165) is 23.1 Å². The van der Waals surface area contributed by atoms with Crippen molar-refractivity contribution in [2.45, 2.75) is 12.5 Å². The summed E-state index contributed by atoms with van der Waals surface area (Å²) in [5, 5.41) is 8.78. The van der Waals surface area contributed by atoms with Crippen molar-refractivity contribution in [2.75, 3.05) is 18.6 Å². The number of benzene rings is 1. The first-order valence-electron chi connectivity index (χ1n) is 5.21. The Balaban J connectivity index is 2.24. The third kappa shape index (κ3) is 2.13. The lowest BCUT2D eigenvalue weighted by Gasteiger charge is -2.41. The van der Waals surface area contributed by atoms with Crippen LogP contribution >= 0.6 is 15.9 Å². The maximum absolute atomic E-state index is 11.5. The number of ether oxygens (including phenoxy) is 1. The van der Waals surface area contributed by atoms with Crippen LogP contribution in [-0.2, 0) is 9.53 Å². The van der Waals surface area contributed by atoms with Crippen LogP contribution in [0.15, 0.2) is 22.7 Å². The second-order valence-corrected chi connectivity index (χ2v) is 4.65. The fourth-order valence-corrected chi connectivity index (χ4v) is 2.47. The lowest BCUT2D eigenvalue weighted by atomic mass is 10.0. The fourth-order valence-electron chi connectivity index (χ4n) is 1.87. The molecule has 0 amide bonds. The van der Waals surface area contributed by atoms with Crippen molar-refractivity contribution in [3.8, 4) is 6.07 Å². The van der Waals surface area contributed by atoms with Gasteiger partial charge in [0.1, 0.15) is 6.04 Å². The number of esters is 1. The van der Waals surface area contributed by atoms with Gasteiger partial charge in [-0.05, 0) is 40.5 Å². The van der Waals surface area contributed by atoms with Gasteiger partial charge in [-0.1, -0.05) is 0 Å². The zero-order valence-corrected chi connectivity index (χ0v) is 10.9. The third-order valence-electron chi connectivity index (χ3n) is 2.88. The lowest BCUT2D eigenvalue weighted by molar-refractivity contribution is -0.143. The molecule has 0 aliphatic carbocycles. The molecular weight excluding hydrogens is 284 g/mol. The first-order chi connectivity index (χ1) is 8.17. The Morgan fingerprint density at radius 3 is 2.88 bits per heavy atom. The second kappa shape index (κ2) is 4.76. The Hall–Kier alpha value is -1.54. The molecule has 0 bridgehead atoms. The minimum atomic E-state index is -0.215. The van der Waals surface area contributed by atoms with Crippen LogP contribution in [0.2, 0.25) is 0 Å². The molecule has 4 nitrogen and oxygen atoms in total. The van der Waals surface area contributed by atoms with Crippen LogP contribution in [-0.4, -0.2) is 25.7 Å². The van der Waals surface area contributed by atoms with E-state index >= 15 is 0 Å². The average Bonchev–Trinajstić information content (AvgIpc) is 2.30. The van der Waals surface area contributed by atoms with E-state index in [0.29, 0.717) is 5.56 Å². The maximum atomic E-state index is 11.5. The Kier molecular flexibility index (Phi) is 3.34. The Labute approximate surface area is 108 Å². The standard InChI is InChI=1S/C12H11BrN2O2/c1-17-12(16)11-4-5-15(11)10-3-2-8(7-14)6-9(10)13/h2-3,6,11H,4-5H2,1H3. The molecule has 1 aliphatic heterocycles. The molecular formula is C12H11BrN2O2. The van der Waals surface area contributed by atoms with Crippen molar-refractivity contribution in [3.63, 3.8) is 0 Å². The molecule has 1 fully saturated rings. The molecule has 0 saturated carbocycles. The van der Waals surface area contributed by atoms with Gasteiger partial charge in [-0.3, -0.25) is 0 Å². The fraction of sp³-hybridized carbons (Fsp3) is 0.333. The Morgan fingerprint density at radius 2 is 2.41 bits per heavy atom. The van der Waals surface area contributed by atoms with Gasteiger partial charge in [0.05, 0.1) is 24.4 Å². The summed E-state index contributed by atoms with van der Waals surface area (Å²) in [5.41, 5.74) is 1.52. The van der Waals surface area contributed by atoms with Gasteiger partial charge in [-0.15, -0.1) is 0 Å². The third-order valence-corrected chi connectivity index (χ3v) is 3.51. The highest BCUT2D eigenvalue weighted by Crippen LogP contribution is 2.33. The van der Waals surface area contributed by atoms with E-state index in [1.54, 1.807) is 12.1 Å². The summed E-state index contributed by atoms with van der Waals surface area (Å²) in [7, 11) is 1.40. The van der Waals surface area contributed by atoms with Gasteiger partial charge in [-0.25, -0.2) is 4.79 Å². The van der Waals surface area contributed by atoms with Crippen LogP contribution in [0.3, 0.4) is 0 Å². The number of rotatable bonds is 2. The van der Waals surface area contributed by atoms with Crippen LogP contribution in [0.25, 0.3) is 0 Å². The summed E-state index contributed by atoms with van der Waals surface area (Å²) >= 11 is 3.42. The first kappa shape index (κ1) is 11.9. The summed E-state index contributed by atoms with van der Waals surface area (Å²) in [4.78, 5) is 13.4. The Morgan fingerprint density at radius 1 is 1.65 bits per heavy atom. The van der Waals surface area contributed by atoms with Crippen molar-refractivity contribution in [3.05, 3.63) is 28.2 Å². The van der Waals surface area contributed by atoms with Crippen molar-refractivity contribution in [1.82, 2.24) is 0 Å². The zero-order chi connectivity index (χ0) is 12.4. The van der Waals surface area contributed by atoms with E-state index < -0.39 is 0 Å². The van der Waals surface area contributed by atoms with Gasteiger partial charge in [-0.2, -0.15) is 5.26 Å². The highest BCUT2D eigenvalue weighted by molar-refractivity contribution is 9.10. The molecule has 1 atom stereocenters. The summed E-state index contributed by atoms with van der Waals surface area (Å²) in [6.07, 6.45) is 0.805. The molecule has 1 aliphatic rings. The number of nitriles is 1. The topological polar surface area (TPSA) is 53.3 Å². The molecule has 0 spiro atoms. The predicted molar refractivity (Wildman–Crippen MR) is 66.6 cm³/mol. The van der Waals surface area contributed by atoms with Gasteiger partial charge in [0.25, 0.3) is 0 Å². The Bertz CT molecular complexity index is 496. The predicted octanol–water partition coefficient (Wildman–Crippen LogP) is 2.07. The second-order valence-electron chi connectivity index (χ2n) is 3.80. The molecule has 0 radical (unpaired) electrons. The highest BCUT2D eigenvalue weighted by atomic mass is 79.9. The van der Waals surface area contributed by atoms with Gasteiger partial charge in [0.2, 0.25) is 0 Å². The van der Waals surface area contributed by atoms with Crippen molar-refractivity contribution < 1.29 is 9.53 Å². The number of anilines is 1. The highest BCUT2D eigenvalue weighted by Gasteiger charge is 2.35. The van der Waals surface area contributed by atoms with Crippen LogP contribution < -0.4 is 4.90 Å². The van der Waals surface area contributed by atoms with Crippen molar-refractivity contribution >= 4 is 27.6 Å². The number of halogens is 1. The zero-order valence-electron chi connectivity index (χ0n) is 9.31. The molecule has 17 heavy (non-hydrogen) atoms.